The van der Waals surface area contributed by atoms with Crippen molar-refractivity contribution < 1.29 is 13.2 Å². The Hall–Kier alpha value is -1.11. The normalized spacial score (nSPS) is 26.6. The van der Waals surface area contributed by atoms with Gasteiger partial charge < -0.3 is 10.1 Å². The molecule has 2 fully saturated rings. The van der Waals surface area contributed by atoms with Gasteiger partial charge in [0.25, 0.3) is 0 Å². The van der Waals surface area contributed by atoms with Crippen LogP contribution in [-0.2, 0) is 14.8 Å². The van der Waals surface area contributed by atoms with Crippen molar-refractivity contribution in [3.05, 3.63) is 24.3 Å². The minimum absolute atomic E-state index is 0.204. The first kappa shape index (κ1) is 13.9. The van der Waals surface area contributed by atoms with Crippen LogP contribution >= 0.6 is 0 Å². The first-order chi connectivity index (χ1) is 9.62. The van der Waals surface area contributed by atoms with Crippen molar-refractivity contribution >= 4 is 15.7 Å². The Morgan fingerprint density at radius 3 is 2.65 bits per heavy atom. The largest absolute Gasteiger partial charge is 0.379 e. The van der Waals surface area contributed by atoms with Crippen LogP contribution in [0.1, 0.15) is 19.3 Å². The van der Waals surface area contributed by atoms with Crippen LogP contribution < -0.4 is 10.0 Å². The van der Waals surface area contributed by atoms with E-state index in [0.29, 0.717) is 16.5 Å². The van der Waals surface area contributed by atoms with Gasteiger partial charge in [-0.15, -0.1) is 0 Å². The summed E-state index contributed by atoms with van der Waals surface area (Å²) in [6, 6.07) is 7.22. The van der Waals surface area contributed by atoms with E-state index in [1.807, 2.05) is 12.1 Å². The van der Waals surface area contributed by atoms with Crippen LogP contribution in [0.2, 0.25) is 0 Å². The average molecular weight is 296 g/mol. The van der Waals surface area contributed by atoms with Crippen molar-refractivity contribution in [2.45, 2.75) is 36.3 Å². The van der Waals surface area contributed by atoms with Gasteiger partial charge in [-0.05, 0) is 44.4 Å². The molecule has 2 atom stereocenters. The zero-order valence-electron chi connectivity index (χ0n) is 11.5. The third-order valence-electron chi connectivity index (χ3n) is 4.01. The fourth-order valence-corrected chi connectivity index (χ4v) is 3.68. The standard InChI is InChI=1S/C14H20N2O3S/c1-15-20(17,18)13-5-3-2-4-11(13)16-12-8-9-19-14(12)10-6-7-10/h2-5,10,12,14-16H,6-9H2,1H3. The molecule has 0 aromatic heterocycles. The molecule has 1 heterocycles. The summed E-state index contributed by atoms with van der Waals surface area (Å²) in [5.41, 5.74) is 0.656. The van der Waals surface area contributed by atoms with Crippen molar-refractivity contribution in [1.29, 1.82) is 0 Å². The fourth-order valence-electron chi connectivity index (χ4n) is 2.79. The third kappa shape index (κ3) is 2.68. The zero-order valence-corrected chi connectivity index (χ0v) is 12.3. The second-order valence-corrected chi connectivity index (χ2v) is 7.27. The van der Waals surface area contributed by atoms with E-state index in [2.05, 4.69) is 10.0 Å². The Kier molecular flexibility index (Phi) is 3.70. The van der Waals surface area contributed by atoms with E-state index < -0.39 is 10.0 Å². The van der Waals surface area contributed by atoms with Gasteiger partial charge in [-0.1, -0.05) is 12.1 Å². The topological polar surface area (TPSA) is 67.4 Å². The first-order valence-corrected chi connectivity index (χ1v) is 8.51. The van der Waals surface area contributed by atoms with Crippen molar-refractivity contribution in [2.24, 2.45) is 5.92 Å². The van der Waals surface area contributed by atoms with Gasteiger partial charge in [0.15, 0.2) is 0 Å². The molecule has 110 valence electrons. The average Bonchev–Trinajstić information content (AvgIpc) is 3.20. The number of nitrogens with one attached hydrogen (secondary N) is 2. The molecule has 2 aliphatic rings. The van der Waals surface area contributed by atoms with Gasteiger partial charge in [-0.2, -0.15) is 0 Å². The van der Waals surface area contributed by atoms with Crippen molar-refractivity contribution in [3.8, 4) is 0 Å². The predicted octanol–water partition coefficient (Wildman–Crippen LogP) is 1.57. The molecule has 6 heteroatoms. The van der Waals surface area contributed by atoms with Crippen molar-refractivity contribution in [2.75, 3.05) is 19.0 Å². The zero-order chi connectivity index (χ0) is 14.2. The molecular formula is C14H20N2O3S. The number of sulfonamides is 1. The highest BCUT2D eigenvalue weighted by molar-refractivity contribution is 7.89. The van der Waals surface area contributed by atoms with Gasteiger partial charge in [0.1, 0.15) is 4.90 Å². The summed E-state index contributed by atoms with van der Waals surface area (Å²) in [4.78, 5) is 0.295. The van der Waals surface area contributed by atoms with Gasteiger partial charge in [0.05, 0.1) is 17.8 Å². The second-order valence-electron chi connectivity index (χ2n) is 5.42. The lowest BCUT2D eigenvalue weighted by molar-refractivity contribution is 0.0898. The SMILES string of the molecule is CNS(=O)(=O)c1ccccc1NC1CCOC1C1CC1. The van der Waals surface area contributed by atoms with Gasteiger partial charge in [-0.3, -0.25) is 0 Å². The van der Waals surface area contributed by atoms with Crippen LogP contribution in [0.25, 0.3) is 0 Å². The Bertz CT molecular complexity index is 584. The summed E-state index contributed by atoms with van der Waals surface area (Å²) in [6.45, 7) is 0.750. The number of hydrogen-bond acceptors (Lipinski definition) is 4. The van der Waals surface area contributed by atoms with E-state index in [1.165, 1.54) is 19.9 Å². The monoisotopic (exact) mass is 296 g/mol. The van der Waals surface area contributed by atoms with E-state index >= 15 is 0 Å². The maximum absolute atomic E-state index is 12.0. The van der Waals surface area contributed by atoms with Crippen LogP contribution in [-0.4, -0.2) is 34.2 Å². The Morgan fingerprint density at radius 1 is 1.20 bits per heavy atom. The highest BCUT2D eigenvalue weighted by atomic mass is 32.2. The van der Waals surface area contributed by atoms with Crippen LogP contribution in [0.3, 0.4) is 0 Å². The lowest BCUT2D eigenvalue weighted by atomic mass is 10.1. The lowest BCUT2D eigenvalue weighted by Crippen LogP contribution is -2.32. The van der Waals surface area contributed by atoms with E-state index in [1.54, 1.807) is 12.1 Å². The molecule has 20 heavy (non-hydrogen) atoms. The smallest absolute Gasteiger partial charge is 0.242 e. The van der Waals surface area contributed by atoms with Gasteiger partial charge in [0.2, 0.25) is 10.0 Å². The summed E-state index contributed by atoms with van der Waals surface area (Å²) in [5, 5.41) is 3.38. The van der Waals surface area contributed by atoms with E-state index in [-0.39, 0.29) is 12.1 Å². The van der Waals surface area contributed by atoms with Crippen LogP contribution in [0.15, 0.2) is 29.2 Å². The first-order valence-electron chi connectivity index (χ1n) is 7.02. The third-order valence-corrected chi connectivity index (χ3v) is 5.48. The van der Waals surface area contributed by atoms with Gasteiger partial charge in [0, 0.05) is 6.61 Å². The van der Waals surface area contributed by atoms with Crippen LogP contribution in [0, 0.1) is 5.92 Å². The van der Waals surface area contributed by atoms with E-state index in [0.717, 1.165) is 13.0 Å². The molecule has 0 amide bonds. The molecule has 2 N–H and O–H groups in total. The Balaban J connectivity index is 1.84. The van der Waals surface area contributed by atoms with E-state index in [9.17, 15) is 8.42 Å². The van der Waals surface area contributed by atoms with Crippen molar-refractivity contribution in [3.63, 3.8) is 0 Å². The molecule has 1 saturated heterocycles. The van der Waals surface area contributed by atoms with Crippen LogP contribution in [0.5, 0.6) is 0 Å². The number of hydrogen-bond donors (Lipinski definition) is 2. The molecular weight excluding hydrogens is 276 g/mol. The number of benzene rings is 1. The minimum Gasteiger partial charge on any atom is -0.379 e. The molecule has 5 nitrogen and oxygen atoms in total. The summed E-state index contributed by atoms with van der Waals surface area (Å²) in [7, 11) is -2.02. The summed E-state index contributed by atoms with van der Waals surface area (Å²) in [5.74, 6) is 0.642. The number of ether oxygens (including phenoxy) is 1. The quantitative estimate of drug-likeness (QED) is 0.865. The van der Waals surface area contributed by atoms with Crippen LogP contribution in [0.4, 0.5) is 5.69 Å². The lowest BCUT2D eigenvalue weighted by Gasteiger charge is -2.22. The number of anilines is 1. The molecule has 3 rings (SSSR count). The highest BCUT2D eigenvalue weighted by Crippen LogP contribution is 2.40. The molecule has 0 bridgehead atoms. The minimum atomic E-state index is -3.45. The molecule has 0 spiro atoms. The maximum atomic E-state index is 12.0. The Morgan fingerprint density at radius 2 is 1.95 bits per heavy atom. The molecule has 1 aromatic carbocycles. The molecule has 0 radical (unpaired) electrons. The molecule has 1 aliphatic carbocycles. The Labute approximate surface area is 119 Å². The molecule has 2 unspecified atom stereocenters. The summed E-state index contributed by atoms with van der Waals surface area (Å²) >= 11 is 0. The predicted molar refractivity (Wildman–Crippen MR) is 77.2 cm³/mol. The molecule has 1 saturated carbocycles. The fraction of sp³-hybridized carbons (Fsp3) is 0.571. The second kappa shape index (κ2) is 5.35. The molecule has 1 aliphatic heterocycles. The number of rotatable bonds is 5. The highest BCUT2D eigenvalue weighted by Gasteiger charge is 2.40. The number of para-hydroxylation sites is 1. The maximum Gasteiger partial charge on any atom is 0.242 e. The van der Waals surface area contributed by atoms with Crippen molar-refractivity contribution in [1.82, 2.24) is 4.72 Å². The van der Waals surface area contributed by atoms with Gasteiger partial charge in [-0.25, -0.2) is 13.1 Å². The summed E-state index contributed by atoms with van der Waals surface area (Å²) < 4.78 is 32.2. The molecule has 1 aromatic rings. The van der Waals surface area contributed by atoms with E-state index in [4.69, 9.17) is 4.74 Å². The van der Waals surface area contributed by atoms with Gasteiger partial charge >= 0.3 is 0 Å². The summed E-state index contributed by atoms with van der Waals surface area (Å²) in [6.07, 6.45) is 3.59.